The largest absolute Gasteiger partial charge is 0.486 e. The number of benzene rings is 2. The van der Waals surface area contributed by atoms with Crippen molar-refractivity contribution >= 4 is 40.9 Å². The molecule has 0 amide bonds. The topological polar surface area (TPSA) is 89.7 Å². The summed E-state index contributed by atoms with van der Waals surface area (Å²) in [5, 5.41) is 15.1. The number of hydrazone groups is 1. The molecule has 10 heteroatoms. The number of rotatable bonds is 7. The number of nitrogens with one attached hydrogen (secondary N) is 1. The molecule has 0 atom stereocenters. The van der Waals surface area contributed by atoms with Gasteiger partial charge in [-0.25, -0.2) is 9.37 Å². The van der Waals surface area contributed by atoms with Gasteiger partial charge in [-0.2, -0.15) is 5.10 Å². The van der Waals surface area contributed by atoms with Gasteiger partial charge >= 0.3 is 0 Å². The van der Waals surface area contributed by atoms with Crippen LogP contribution in [-0.4, -0.2) is 16.1 Å². The van der Waals surface area contributed by atoms with Crippen LogP contribution in [0.15, 0.2) is 59.8 Å². The maximum atomic E-state index is 13.7. The molecule has 1 heterocycles. The van der Waals surface area contributed by atoms with Gasteiger partial charge in [0.25, 0.3) is 5.69 Å². The van der Waals surface area contributed by atoms with Crippen LogP contribution in [0.2, 0.25) is 10.0 Å². The molecule has 0 bridgehead atoms. The molecule has 29 heavy (non-hydrogen) atoms. The highest BCUT2D eigenvalue weighted by molar-refractivity contribution is 6.37. The van der Waals surface area contributed by atoms with Gasteiger partial charge in [0.15, 0.2) is 5.75 Å². The summed E-state index contributed by atoms with van der Waals surface area (Å²) < 4.78 is 19.3. The third-order valence-corrected chi connectivity index (χ3v) is 4.26. The Balaban J connectivity index is 1.66. The van der Waals surface area contributed by atoms with Crippen LogP contribution in [-0.2, 0) is 6.61 Å². The molecule has 0 saturated heterocycles. The fourth-order valence-corrected chi connectivity index (χ4v) is 2.90. The Hall–Kier alpha value is -3.23. The van der Waals surface area contributed by atoms with Crippen LogP contribution < -0.4 is 10.2 Å². The van der Waals surface area contributed by atoms with Crippen LogP contribution in [0, 0.1) is 15.9 Å². The van der Waals surface area contributed by atoms with E-state index in [1.54, 1.807) is 30.3 Å². The highest BCUT2D eigenvalue weighted by Gasteiger charge is 2.11. The number of aromatic nitrogens is 1. The zero-order valence-electron chi connectivity index (χ0n) is 14.7. The first kappa shape index (κ1) is 20.5. The smallest absolute Gasteiger partial charge is 0.287 e. The molecular weight excluding hydrogens is 422 g/mol. The van der Waals surface area contributed by atoms with Crippen molar-refractivity contribution in [3.8, 4) is 5.75 Å². The molecule has 0 aliphatic heterocycles. The van der Waals surface area contributed by atoms with Crippen LogP contribution in [0.4, 0.5) is 15.9 Å². The maximum absolute atomic E-state index is 13.7. The average Bonchev–Trinajstić information content (AvgIpc) is 2.69. The molecule has 148 valence electrons. The summed E-state index contributed by atoms with van der Waals surface area (Å²) in [6.45, 7) is -0.0209. The SMILES string of the molecule is O=[N+]([O-])c1ccc(N/N=C\c2cc(Cl)c(OCc3ccccc3F)c(Cl)c2)nc1. The summed E-state index contributed by atoms with van der Waals surface area (Å²) in [4.78, 5) is 13.9. The Morgan fingerprint density at radius 3 is 2.55 bits per heavy atom. The Morgan fingerprint density at radius 2 is 1.93 bits per heavy atom. The molecule has 0 unspecified atom stereocenters. The van der Waals surface area contributed by atoms with Crippen molar-refractivity contribution < 1.29 is 14.1 Å². The third-order valence-electron chi connectivity index (χ3n) is 3.70. The zero-order valence-corrected chi connectivity index (χ0v) is 16.2. The number of nitrogens with zero attached hydrogens (tertiary/aromatic N) is 3. The quantitative estimate of drug-likeness (QED) is 0.302. The molecule has 0 radical (unpaired) electrons. The molecule has 0 fully saturated rings. The highest BCUT2D eigenvalue weighted by Crippen LogP contribution is 2.34. The number of ether oxygens (including phenoxy) is 1. The van der Waals surface area contributed by atoms with E-state index in [1.165, 1.54) is 24.4 Å². The van der Waals surface area contributed by atoms with Gasteiger partial charge in [0.2, 0.25) is 0 Å². The third kappa shape index (κ3) is 5.40. The van der Waals surface area contributed by atoms with Crippen molar-refractivity contribution in [2.45, 2.75) is 6.61 Å². The number of anilines is 1. The molecular formula is C19H13Cl2FN4O3. The lowest BCUT2D eigenvalue weighted by Gasteiger charge is -2.11. The fourth-order valence-electron chi connectivity index (χ4n) is 2.29. The maximum Gasteiger partial charge on any atom is 0.287 e. The molecule has 7 nitrogen and oxygen atoms in total. The number of hydrogen-bond acceptors (Lipinski definition) is 6. The second kappa shape index (κ2) is 9.31. The predicted molar refractivity (Wildman–Crippen MR) is 109 cm³/mol. The Labute approximate surface area is 174 Å². The van der Waals surface area contributed by atoms with Gasteiger partial charge in [-0.1, -0.05) is 41.4 Å². The molecule has 1 N–H and O–H groups in total. The Morgan fingerprint density at radius 1 is 1.21 bits per heavy atom. The van der Waals surface area contributed by atoms with E-state index in [4.69, 9.17) is 27.9 Å². The van der Waals surface area contributed by atoms with Crippen LogP contribution >= 0.6 is 23.2 Å². The number of halogens is 3. The first-order chi connectivity index (χ1) is 13.9. The Kier molecular flexibility index (Phi) is 6.58. The van der Waals surface area contributed by atoms with Crippen molar-refractivity contribution in [3.63, 3.8) is 0 Å². The van der Waals surface area contributed by atoms with Gasteiger partial charge in [-0.3, -0.25) is 15.5 Å². The lowest BCUT2D eigenvalue weighted by atomic mass is 10.2. The van der Waals surface area contributed by atoms with Crippen LogP contribution in [0.25, 0.3) is 0 Å². The summed E-state index contributed by atoms with van der Waals surface area (Å²) in [7, 11) is 0. The molecule has 3 rings (SSSR count). The van der Waals surface area contributed by atoms with E-state index >= 15 is 0 Å². The molecule has 1 aromatic heterocycles. The average molecular weight is 435 g/mol. The van der Waals surface area contributed by atoms with Crippen LogP contribution in [0.1, 0.15) is 11.1 Å². The highest BCUT2D eigenvalue weighted by atomic mass is 35.5. The van der Waals surface area contributed by atoms with E-state index < -0.39 is 4.92 Å². The summed E-state index contributed by atoms with van der Waals surface area (Å²) >= 11 is 12.4. The van der Waals surface area contributed by atoms with E-state index in [0.29, 0.717) is 16.9 Å². The van der Waals surface area contributed by atoms with Gasteiger partial charge < -0.3 is 4.74 Å². The predicted octanol–water partition coefficient (Wildman–Crippen LogP) is 5.46. The second-order valence-corrected chi connectivity index (χ2v) is 6.54. The summed E-state index contributed by atoms with van der Waals surface area (Å²) in [5.41, 5.74) is 3.48. The van der Waals surface area contributed by atoms with Gasteiger partial charge in [-0.05, 0) is 29.8 Å². The van der Waals surface area contributed by atoms with Crippen molar-refractivity contribution in [2.75, 3.05) is 5.43 Å². The standard InChI is InChI=1S/C19H13Cl2FN4O3/c20-15-7-12(9-24-25-18-6-5-14(10-23-18)26(27)28)8-16(21)19(15)29-11-13-3-1-2-4-17(13)22/h1-10H,11H2,(H,23,25)/b24-9-. The molecule has 0 spiro atoms. The van der Waals surface area contributed by atoms with Crippen molar-refractivity contribution in [1.29, 1.82) is 0 Å². The van der Waals surface area contributed by atoms with E-state index in [9.17, 15) is 14.5 Å². The molecule has 0 aliphatic rings. The first-order valence-corrected chi connectivity index (χ1v) is 8.94. The number of hydrogen-bond donors (Lipinski definition) is 1. The van der Waals surface area contributed by atoms with E-state index in [1.807, 2.05) is 0 Å². The van der Waals surface area contributed by atoms with E-state index in [2.05, 4.69) is 15.5 Å². The fraction of sp³-hybridized carbons (Fsp3) is 0.0526. The van der Waals surface area contributed by atoms with Crippen molar-refractivity contribution in [2.24, 2.45) is 5.10 Å². The zero-order chi connectivity index (χ0) is 20.8. The molecule has 0 saturated carbocycles. The van der Waals surface area contributed by atoms with Gasteiger partial charge in [0, 0.05) is 11.6 Å². The number of nitro groups is 1. The van der Waals surface area contributed by atoms with Crippen molar-refractivity contribution in [1.82, 2.24) is 4.98 Å². The minimum absolute atomic E-state index is 0.0209. The van der Waals surface area contributed by atoms with Crippen LogP contribution in [0.3, 0.4) is 0 Å². The monoisotopic (exact) mass is 434 g/mol. The minimum Gasteiger partial charge on any atom is -0.486 e. The van der Waals surface area contributed by atoms with E-state index in [-0.39, 0.29) is 33.9 Å². The lowest BCUT2D eigenvalue weighted by molar-refractivity contribution is -0.385. The van der Waals surface area contributed by atoms with Gasteiger partial charge in [-0.15, -0.1) is 0 Å². The summed E-state index contributed by atoms with van der Waals surface area (Å²) in [5.74, 6) is 0.182. The Bertz CT molecular complexity index is 1040. The number of pyridine rings is 1. The first-order valence-electron chi connectivity index (χ1n) is 8.19. The molecule has 0 aliphatic carbocycles. The second-order valence-electron chi connectivity index (χ2n) is 5.72. The van der Waals surface area contributed by atoms with Gasteiger partial charge in [0.1, 0.15) is 24.4 Å². The van der Waals surface area contributed by atoms with Crippen molar-refractivity contribution in [3.05, 3.63) is 91.8 Å². The normalized spacial score (nSPS) is 10.9. The molecule has 2 aromatic carbocycles. The summed E-state index contributed by atoms with van der Waals surface area (Å²) in [6, 6.07) is 12.1. The summed E-state index contributed by atoms with van der Waals surface area (Å²) in [6.07, 6.45) is 2.56. The van der Waals surface area contributed by atoms with Crippen LogP contribution in [0.5, 0.6) is 5.75 Å². The molecule has 3 aromatic rings. The van der Waals surface area contributed by atoms with Gasteiger partial charge in [0.05, 0.1) is 21.2 Å². The van der Waals surface area contributed by atoms with E-state index in [0.717, 1.165) is 6.20 Å². The lowest BCUT2D eigenvalue weighted by Crippen LogP contribution is -2.00. The minimum atomic E-state index is -0.542.